The number of aromatic nitrogens is 3. The Morgan fingerprint density at radius 3 is 2.43 bits per heavy atom. The highest BCUT2D eigenvalue weighted by atomic mass is 15.4. The van der Waals surface area contributed by atoms with Gasteiger partial charge in [-0.15, -0.1) is 5.10 Å². The molecule has 3 rings (SSSR count). The fraction of sp³-hybridized carbons (Fsp3) is 0.158. The minimum absolute atomic E-state index is 0.652. The highest BCUT2D eigenvalue weighted by Crippen LogP contribution is 2.13. The first-order chi connectivity index (χ1) is 11.3. The summed E-state index contributed by atoms with van der Waals surface area (Å²) in [7, 11) is 1.84. The predicted octanol–water partition coefficient (Wildman–Crippen LogP) is 3.60. The fourth-order valence-electron chi connectivity index (χ4n) is 2.45. The van der Waals surface area contributed by atoms with Gasteiger partial charge in [0.15, 0.2) is 0 Å². The van der Waals surface area contributed by atoms with Crippen molar-refractivity contribution in [2.24, 2.45) is 0 Å². The summed E-state index contributed by atoms with van der Waals surface area (Å²) in [6.07, 6.45) is 2.61. The molecule has 4 heteroatoms. The molecule has 0 aliphatic rings. The van der Waals surface area contributed by atoms with Gasteiger partial charge in [0.25, 0.3) is 0 Å². The van der Waals surface area contributed by atoms with Crippen LogP contribution < -0.4 is 5.32 Å². The molecule has 2 aromatic carbocycles. The Morgan fingerprint density at radius 1 is 1.04 bits per heavy atom. The average molecular weight is 304 g/mol. The zero-order valence-corrected chi connectivity index (χ0v) is 13.2. The lowest BCUT2D eigenvalue weighted by Crippen LogP contribution is -2.07. The number of hydrogen-bond acceptors (Lipinski definition) is 3. The zero-order valence-electron chi connectivity index (χ0n) is 13.2. The molecule has 0 atom stereocenters. The molecule has 1 heterocycles. The van der Waals surface area contributed by atoms with E-state index in [0.717, 1.165) is 17.8 Å². The van der Waals surface area contributed by atoms with Crippen LogP contribution in [0.2, 0.25) is 0 Å². The molecule has 3 aromatic rings. The minimum atomic E-state index is 0.652. The molecule has 0 aliphatic carbocycles. The van der Waals surface area contributed by atoms with Crippen LogP contribution in [0.5, 0.6) is 0 Å². The van der Waals surface area contributed by atoms with Crippen LogP contribution in [0.25, 0.3) is 6.08 Å². The first-order valence-corrected chi connectivity index (χ1v) is 7.65. The Labute approximate surface area is 136 Å². The van der Waals surface area contributed by atoms with E-state index in [9.17, 15) is 0 Å². The van der Waals surface area contributed by atoms with Gasteiger partial charge in [-0.25, -0.2) is 4.68 Å². The molecule has 23 heavy (non-hydrogen) atoms. The highest BCUT2D eigenvalue weighted by molar-refractivity contribution is 5.47. The van der Waals surface area contributed by atoms with Gasteiger partial charge in [-0.2, -0.15) is 4.98 Å². The van der Waals surface area contributed by atoms with Crippen molar-refractivity contribution < 1.29 is 0 Å². The van der Waals surface area contributed by atoms with Crippen LogP contribution in [0.4, 0.5) is 5.95 Å². The normalized spacial score (nSPS) is 10.5. The summed E-state index contributed by atoms with van der Waals surface area (Å²) in [4.78, 5) is 4.58. The van der Waals surface area contributed by atoms with Crippen molar-refractivity contribution >= 4 is 12.0 Å². The monoisotopic (exact) mass is 304 g/mol. The third kappa shape index (κ3) is 3.66. The van der Waals surface area contributed by atoms with Crippen LogP contribution >= 0.6 is 0 Å². The van der Waals surface area contributed by atoms with Crippen molar-refractivity contribution in [1.29, 1.82) is 0 Å². The summed E-state index contributed by atoms with van der Waals surface area (Å²) >= 11 is 0. The quantitative estimate of drug-likeness (QED) is 0.756. The van der Waals surface area contributed by atoms with E-state index in [-0.39, 0.29) is 0 Å². The Morgan fingerprint density at radius 2 is 1.78 bits per heavy atom. The molecule has 1 N–H and O–H groups in total. The number of nitrogens with one attached hydrogen (secondary N) is 1. The molecule has 4 nitrogen and oxygen atoms in total. The van der Waals surface area contributed by atoms with E-state index in [1.165, 1.54) is 11.1 Å². The van der Waals surface area contributed by atoms with Crippen LogP contribution in [0.3, 0.4) is 0 Å². The minimum Gasteiger partial charge on any atom is -0.356 e. The summed E-state index contributed by atoms with van der Waals surface area (Å²) in [5, 5.41) is 7.56. The molecule has 0 saturated carbocycles. The number of anilines is 1. The van der Waals surface area contributed by atoms with Crippen LogP contribution in [-0.4, -0.2) is 21.8 Å². The lowest BCUT2D eigenvalue weighted by molar-refractivity contribution is 0.649. The molecule has 0 bridgehead atoms. The van der Waals surface area contributed by atoms with Crippen LogP contribution in [0, 0.1) is 0 Å². The van der Waals surface area contributed by atoms with Crippen LogP contribution in [0.1, 0.15) is 22.5 Å². The van der Waals surface area contributed by atoms with Crippen molar-refractivity contribution in [2.75, 3.05) is 12.4 Å². The molecule has 0 fully saturated rings. The third-order valence-corrected chi connectivity index (χ3v) is 3.72. The van der Waals surface area contributed by atoms with E-state index < -0.39 is 0 Å². The molecule has 0 unspecified atom stereocenters. The van der Waals surface area contributed by atoms with E-state index in [0.29, 0.717) is 12.5 Å². The molecule has 0 radical (unpaired) electrons. The van der Waals surface area contributed by atoms with E-state index in [1.807, 2.05) is 36.0 Å². The van der Waals surface area contributed by atoms with Crippen molar-refractivity contribution in [1.82, 2.24) is 14.8 Å². The summed E-state index contributed by atoms with van der Waals surface area (Å²) < 4.78 is 1.96. The SMILES string of the molecule is C=Cc1ccc(Cn2nc(NC)nc2Cc2ccccc2)cc1. The lowest BCUT2D eigenvalue weighted by atomic mass is 10.1. The first kappa shape index (κ1) is 15.0. The van der Waals surface area contributed by atoms with Gasteiger partial charge >= 0.3 is 0 Å². The van der Waals surface area contributed by atoms with Crippen molar-refractivity contribution in [3.8, 4) is 0 Å². The van der Waals surface area contributed by atoms with E-state index >= 15 is 0 Å². The van der Waals surface area contributed by atoms with Gasteiger partial charge in [0.2, 0.25) is 5.95 Å². The smallest absolute Gasteiger partial charge is 0.242 e. The third-order valence-electron chi connectivity index (χ3n) is 3.72. The Kier molecular flexibility index (Phi) is 4.52. The number of hydrogen-bond donors (Lipinski definition) is 1. The molecule has 0 saturated heterocycles. The predicted molar refractivity (Wildman–Crippen MR) is 94.5 cm³/mol. The maximum absolute atomic E-state index is 4.58. The van der Waals surface area contributed by atoms with E-state index in [4.69, 9.17) is 0 Å². The average Bonchev–Trinajstić information content (AvgIpc) is 2.98. The molecule has 116 valence electrons. The highest BCUT2D eigenvalue weighted by Gasteiger charge is 2.10. The summed E-state index contributed by atoms with van der Waals surface area (Å²) in [5.74, 6) is 1.60. The maximum Gasteiger partial charge on any atom is 0.242 e. The summed E-state index contributed by atoms with van der Waals surface area (Å²) in [6, 6.07) is 18.7. The second-order valence-corrected chi connectivity index (χ2v) is 5.37. The lowest BCUT2D eigenvalue weighted by Gasteiger charge is -2.06. The van der Waals surface area contributed by atoms with Gasteiger partial charge in [0, 0.05) is 13.5 Å². The van der Waals surface area contributed by atoms with Crippen molar-refractivity contribution in [3.05, 3.63) is 83.7 Å². The molecule has 1 aromatic heterocycles. The largest absolute Gasteiger partial charge is 0.356 e. The second-order valence-electron chi connectivity index (χ2n) is 5.37. The molecule has 0 spiro atoms. The van der Waals surface area contributed by atoms with Crippen LogP contribution in [-0.2, 0) is 13.0 Å². The zero-order chi connectivity index (χ0) is 16.1. The van der Waals surface area contributed by atoms with E-state index in [2.05, 4.69) is 58.4 Å². The molecule has 0 amide bonds. The van der Waals surface area contributed by atoms with Gasteiger partial charge in [-0.05, 0) is 16.7 Å². The Balaban J connectivity index is 1.85. The van der Waals surface area contributed by atoms with Gasteiger partial charge < -0.3 is 5.32 Å². The topological polar surface area (TPSA) is 42.7 Å². The molecule has 0 aliphatic heterocycles. The van der Waals surface area contributed by atoms with Gasteiger partial charge in [0.1, 0.15) is 5.82 Å². The van der Waals surface area contributed by atoms with Crippen molar-refractivity contribution in [2.45, 2.75) is 13.0 Å². The Bertz CT molecular complexity index is 773. The van der Waals surface area contributed by atoms with Crippen molar-refractivity contribution in [3.63, 3.8) is 0 Å². The number of nitrogens with zero attached hydrogens (tertiary/aromatic N) is 3. The standard InChI is InChI=1S/C19H20N4/c1-3-15-9-11-17(12-10-15)14-23-18(21-19(20-2)22-23)13-16-7-5-4-6-8-16/h3-12H,1,13-14H2,2H3,(H,20,22). The second kappa shape index (κ2) is 6.92. The van der Waals surface area contributed by atoms with Gasteiger partial charge in [-0.3, -0.25) is 0 Å². The van der Waals surface area contributed by atoms with Gasteiger partial charge in [-0.1, -0.05) is 67.3 Å². The molecular weight excluding hydrogens is 284 g/mol. The first-order valence-electron chi connectivity index (χ1n) is 7.65. The number of rotatable bonds is 6. The van der Waals surface area contributed by atoms with E-state index in [1.54, 1.807) is 0 Å². The van der Waals surface area contributed by atoms with Crippen LogP contribution in [0.15, 0.2) is 61.2 Å². The Hall–Kier alpha value is -2.88. The number of benzene rings is 2. The summed E-state index contributed by atoms with van der Waals surface area (Å²) in [5.41, 5.74) is 3.54. The van der Waals surface area contributed by atoms with Gasteiger partial charge in [0.05, 0.1) is 6.54 Å². The maximum atomic E-state index is 4.58. The fourth-order valence-corrected chi connectivity index (χ4v) is 2.45. The summed E-state index contributed by atoms with van der Waals surface area (Å²) in [6.45, 7) is 4.49. The molecular formula is C19H20N4.